The molecule has 0 bridgehead atoms. The fourth-order valence-electron chi connectivity index (χ4n) is 5.64. The number of benzene rings is 1. The summed E-state index contributed by atoms with van der Waals surface area (Å²) in [6.45, 7) is 2.50. The molecular formula is C30H32FN7O3S. The summed E-state index contributed by atoms with van der Waals surface area (Å²) in [6, 6.07) is 14.5. The lowest BCUT2D eigenvalue weighted by Gasteiger charge is -2.31. The Morgan fingerprint density at radius 3 is 2.67 bits per heavy atom. The third-order valence-electron chi connectivity index (χ3n) is 7.77. The van der Waals surface area contributed by atoms with E-state index in [1.54, 1.807) is 33.9 Å². The second-order valence-electron chi connectivity index (χ2n) is 10.5. The van der Waals surface area contributed by atoms with E-state index in [9.17, 15) is 14.0 Å². The molecule has 3 amide bonds. The highest BCUT2D eigenvalue weighted by Crippen LogP contribution is 2.38. The van der Waals surface area contributed by atoms with Crippen molar-refractivity contribution in [1.29, 1.82) is 0 Å². The van der Waals surface area contributed by atoms with Crippen LogP contribution in [0, 0.1) is 5.95 Å². The second kappa shape index (κ2) is 12.2. The van der Waals surface area contributed by atoms with Gasteiger partial charge in [-0.1, -0.05) is 0 Å². The first kappa shape index (κ1) is 27.7. The third-order valence-corrected chi connectivity index (χ3v) is 8.54. The van der Waals surface area contributed by atoms with Gasteiger partial charge >= 0.3 is 6.03 Å². The number of nitrogens with one attached hydrogen (secondary N) is 1. The maximum atomic E-state index is 13.5. The molecule has 3 N–H and O–H groups in total. The van der Waals surface area contributed by atoms with Gasteiger partial charge in [-0.2, -0.15) is 4.39 Å². The molecule has 12 heteroatoms. The number of primary amides is 1. The van der Waals surface area contributed by atoms with Crippen molar-refractivity contribution in [2.45, 2.75) is 44.4 Å². The van der Waals surface area contributed by atoms with Crippen molar-refractivity contribution in [3.63, 3.8) is 0 Å². The predicted octanol–water partition coefficient (Wildman–Crippen LogP) is 5.04. The van der Waals surface area contributed by atoms with E-state index in [1.165, 1.54) is 23.6 Å². The Balaban J connectivity index is 1.07. The first-order valence-electron chi connectivity index (χ1n) is 14.0. The molecule has 5 heterocycles. The minimum absolute atomic E-state index is 0.0658. The van der Waals surface area contributed by atoms with Crippen LogP contribution in [0.3, 0.4) is 0 Å². The maximum absolute atomic E-state index is 13.5. The molecule has 1 aromatic carbocycles. The van der Waals surface area contributed by atoms with Gasteiger partial charge in [-0.05, 0) is 66.9 Å². The van der Waals surface area contributed by atoms with Gasteiger partial charge in [-0.25, -0.2) is 14.8 Å². The zero-order chi connectivity index (χ0) is 29.1. The molecule has 2 aliphatic heterocycles. The highest BCUT2D eigenvalue weighted by atomic mass is 32.1. The average molecular weight is 590 g/mol. The number of rotatable bonds is 8. The van der Waals surface area contributed by atoms with E-state index >= 15 is 0 Å². The lowest BCUT2D eigenvalue weighted by molar-refractivity contribution is 0.101. The molecule has 0 spiro atoms. The van der Waals surface area contributed by atoms with Gasteiger partial charge in [0.15, 0.2) is 5.13 Å². The van der Waals surface area contributed by atoms with Crippen molar-refractivity contribution >= 4 is 34.1 Å². The standard InChI is InChI=1S/C30H32FN7O3S/c31-27-17-20(9-12-33-27)18-37-13-1-4-26(37)28(39)35-30-34-24(19-42-30)25-3-2-14-38(25)21-5-7-22(8-6-21)41-23-10-15-36(16-11-23)29(32)40/h1,4-9,12-13,17,19,23,25H,2-3,10-11,14-16,18H2,(H2,32,40)(H,34,35,39). The topological polar surface area (TPSA) is 119 Å². The first-order chi connectivity index (χ1) is 20.4. The van der Waals surface area contributed by atoms with Gasteiger partial charge in [-0.3, -0.25) is 10.1 Å². The zero-order valence-corrected chi connectivity index (χ0v) is 23.8. The summed E-state index contributed by atoms with van der Waals surface area (Å²) in [6.07, 6.45) is 6.81. The number of anilines is 2. The van der Waals surface area contributed by atoms with Gasteiger partial charge in [0.1, 0.15) is 17.5 Å². The number of amides is 3. The average Bonchev–Trinajstić information content (AvgIpc) is 3.75. The van der Waals surface area contributed by atoms with Crippen LogP contribution < -0.4 is 20.7 Å². The van der Waals surface area contributed by atoms with E-state index in [1.807, 2.05) is 17.5 Å². The predicted molar refractivity (Wildman–Crippen MR) is 158 cm³/mol. The van der Waals surface area contributed by atoms with Crippen LogP contribution in [0.4, 0.5) is 20.0 Å². The lowest BCUT2D eigenvalue weighted by atomic mass is 10.1. The first-order valence-corrected chi connectivity index (χ1v) is 14.9. The van der Waals surface area contributed by atoms with Crippen molar-refractivity contribution in [3.8, 4) is 5.75 Å². The van der Waals surface area contributed by atoms with E-state index in [4.69, 9.17) is 15.5 Å². The van der Waals surface area contributed by atoms with Crippen LogP contribution in [0.2, 0.25) is 0 Å². The van der Waals surface area contributed by atoms with Crippen LogP contribution in [-0.2, 0) is 6.54 Å². The Labute approximate surface area is 246 Å². The molecule has 2 aliphatic rings. The zero-order valence-electron chi connectivity index (χ0n) is 23.0. The summed E-state index contributed by atoms with van der Waals surface area (Å²) in [5.41, 5.74) is 8.58. The Hall–Kier alpha value is -4.45. The van der Waals surface area contributed by atoms with Gasteiger partial charge in [0.25, 0.3) is 5.91 Å². The van der Waals surface area contributed by atoms with Gasteiger partial charge in [0.05, 0.1) is 11.7 Å². The number of carbonyl (C=O) groups is 2. The lowest BCUT2D eigenvalue weighted by Crippen LogP contribution is -2.44. The van der Waals surface area contributed by atoms with Crippen molar-refractivity contribution in [1.82, 2.24) is 19.4 Å². The van der Waals surface area contributed by atoms with Crippen molar-refractivity contribution in [3.05, 3.63) is 89.2 Å². The molecule has 6 rings (SSSR count). The number of urea groups is 1. The SMILES string of the molecule is NC(=O)N1CCC(Oc2ccc(N3CCCC3c3csc(NC(=O)c4cccn4Cc4ccnc(F)c4)n3)cc2)CC1. The number of nitrogens with zero attached hydrogens (tertiary/aromatic N) is 5. The van der Waals surface area contributed by atoms with Gasteiger partial charge in [-0.15, -0.1) is 11.3 Å². The van der Waals surface area contributed by atoms with E-state index in [-0.39, 0.29) is 24.1 Å². The summed E-state index contributed by atoms with van der Waals surface area (Å²) >= 11 is 1.41. The quantitative estimate of drug-likeness (QED) is 0.278. The molecule has 0 radical (unpaired) electrons. The number of pyridine rings is 1. The van der Waals surface area contributed by atoms with Gasteiger partial charge in [0, 0.05) is 62.5 Å². The number of thiazole rings is 1. The van der Waals surface area contributed by atoms with Crippen LogP contribution in [0.25, 0.3) is 0 Å². The van der Waals surface area contributed by atoms with Gasteiger partial charge in [0.2, 0.25) is 5.95 Å². The summed E-state index contributed by atoms with van der Waals surface area (Å²) in [5.74, 6) is -0.00995. The fourth-order valence-corrected chi connectivity index (χ4v) is 6.39. The number of nitrogens with two attached hydrogens (primary N) is 1. The Morgan fingerprint density at radius 2 is 1.90 bits per heavy atom. The normalized spacial score (nSPS) is 17.4. The Morgan fingerprint density at radius 1 is 1.10 bits per heavy atom. The molecule has 0 saturated carbocycles. The number of hydrogen-bond donors (Lipinski definition) is 2. The maximum Gasteiger partial charge on any atom is 0.314 e. The van der Waals surface area contributed by atoms with Crippen molar-refractivity contribution in [2.75, 3.05) is 29.9 Å². The largest absolute Gasteiger partial charge is 0.490 e. The minimum atomic E-state index is -0.551. The monoisotopic (exact) mass is 589 g/mol. The van der Waals surface area contributed by atoms with Crippen LogP contribution in [-0.4, -0.2) is 57.1 Å². The molecule has 0 aliphatic carbocycles. The van der Waals surface area contributed by atoms with Gasteiger partial charge < -0.3 is 24.8 Å². The Kier molecular flexibility index (Phi) is 8.04. The second-order valence-corrected chi connectivity index (χ2v) is 11.4. The van der Waals surface area contributed by atoms with Crippen LogP contribution >= 0.6 is 11.3 Å². The highest BCUT2D eigenvalue weighted by Gasteiger charge is 2.29. The summed E-state index contributed by atoms with van der Waals surface area (Å²) in [5, 5.41) is 5.48. The number of halogens is 1. The molecule has 1 atom stereocenters. The molecule has 4 aromatic rings. The minimum Gasteiger partial charge on any atom is -0.490 e. The third kappa shape index (κ3) is 6.23. The van der Waals surface area contributed by atoms with Crippen LogP contribution in [0.1, 0.15) is 53.5 Å². The molecule has 2 saturated heterocycles. The number of ether oxygens (including phenoxy) is 1. The van der Waals surface area contributed by atoms with E-state index in [0.29, 0.717) is 30.5 Å². The number of aromatic nitrogens is 3. The number of hydrogen-bond acceptors (Lipinski definition) is 7. The van der Waals surface area contributed by atoms with E-state index in [0.717, 1.165) is 54.9 Å². The fraction of sp³-hybridized carbons (Fsp3) is 0.333. The molecule has 218 valence electrons. The van der Waals surface area contributed by atoms with Crippen molar-refractivity contribution in [2.24, 2.45) is 5.73 Å². The van der Waals surface area contributed by atoms with Crippen LogP contribution in [0.15, 0.2) is 66.3 Å². The molecule has 42 heavy (non-hydrogen) atoms. The number of piperidine rings is 1. The summed E-state index contributed by atoms with van der Waals surface area (Å²) in [4.78, 5) is 36.8. The van der Waals surface area contributed by atoms with E-state index in [2.05, 4.69) is 27.3 Å². The Bertz CT molecular complexity index is 1550. The van der Waals surface area contributed by atoms with E-state index < -0.39 is 5.95 Å². The molecule has 1 unspecified atom stereocenters. The molecule has 2 fully saturated rings. The summed E-state index contributed by atoms with van der Waals surface area (Å²) in [7, 11) is 0. The van der Waals surface area contributed by atoms with Crippen LogP contribution in [0.5, 0.6) is 5.75 Å². The highest BCUT2D eigenvalue weighted by molar-refractivity contribution is 7.14. The molecule has 10 nitrogen and oxygen atoms in total. The smallest absolute Gasteiger partial charge is 0.314 e. The summed E-state index contributed by atoms with van der Waals surface area (Å²) < 4.78 is 21.4. The number of likely N-dealkylation sites (tertiary alicyclic amines) is 1. The molecule has 3 aromatic heterocycles. The molecular weight excluding hydrogens is 557 g/mol. The van der Waals surface area contributed by atoms with Crippen molar-refractivity contribution < 1.29 is 18.7 Å². The number of carbonyl (C=O) groups excluding carboxylic acids is 2.